The van der Waals surface area contributed by atoms with Crippen LogP contribution < -0.4 is 14.4 Å². The zero-order valence-electron chi connectivity index (χ0n) is 27.9. The van der Waals surface area contributed by atoms with E-state index in [4.69, 9.17) is 14.2 Å². The third-order valence-corrected chi connectivity index (χ3v) is 9.26. The number of hydrogen-bond acceptors (Lipinski definition) is 10. The number of fused-ring (bicyclic) bond motifs is 1. The van der Waals surface area contributed by atoms with Crippen molar-refractivity contribution in [1.29, 1.82) is 0 Å². The number of ether oxygens (including phenoxy) is 3. The number of carbonyl (C=O) groups is 1. The Morgan fingerprint density at radius 2 is 1.94 bits per heavy atom. The molecule has 2 fully saturated rings. The molecule has 0 spiro atoms. The lowest BCUT2D eigenvalue weighted by Gasteiger charge is -2.37. The molecular formula is C35H46FN7O4. The molecule has 0 saturated carbocycles. The van der Waals surface area contributed by atoms with E-state index in [0.717, 1.165) is 70.0 Å². The number of aromatic nitrogens is 3. The maximum Gasteiger partial charge on any atom is 0.257 e. The summed E-state index contributed by atoms with van der Waals surface area (Å²) in [5, 5.41) is 0. The quantitative estimate of drug-likeness (QED) is 0.315. The van der Waals surface area contributed by atoms with Crippen LogP contribution in [0.5, 0.6) is 17.2 Å². The van der Waals surface area contributed by atoms with Crippen LogP contribution in [0, 0.1) is 5.82 Å². The summed E-state index contributed by atoms with van der Waals surface area (Å²) < 4.78 is 33.3. The van der Waals surface area contributed by atoms with Gasteiger partial charge in [-0.05, 0) is 52.1 Å². The van der Waals surface area contributed by atoms with Gasteiger partial charge in [0.05, 0.1) is 24.5 Å². The summed E-state index contributed by atoms with van der Waals surface area (Å²) in [6.07, 6.45) is 7.71. The number of likely N-dealkylation sites (N-methyl/N-ethyl adjacent to an activating group) is 1. The molecule has 3 aliphatic rings. The maximum absolute atomic E-state index is 14.3. The highest BCUT2D eigenvalue weighted by atomic mass is 19.1. The van der Waals surface area contributed by atoms with Gasteiger partial charge in [0.25, 0.3) is 5.91 Å². The van der Waals surface area contributed by atoms with Gasteiger partial charge in [0.2, 0.25) is 0 Å². The topological polar surface area (TPSA) is 96.4 Å². The Morgan fingerprint density at radius 1 is 1.11 bits per heavy atom. The zero-order valence-corrected chi connectivity index (χ0v) is 27.9. The highest BCUT2D eigenvalue weighted by Gasteiger charge is 2.29. The van der Waals surface area contributed by atoms with E-state index in [1.165, 1.54) is 30.1 Å². The average molecular weight is 648 g/mol. The summed E-state index contributed by atoms with van der Waals surface area (Å²) >= 11 is 0. The SMILES string of the molecule is CCN(C(=O)c1cc(F)ccc1Oc1cncnc1N1CCC(Oc2ccnc3c2CN(C[C@@H]2CN(C)CCO2)CC3)CC1)C(C)C. The molecule has 1 atom stereocenters. The smallest absolute Gasteiger partial charge is 0.257 e. The van der Waals surface area contributed by atoms with Crippen LogP contribution in [0.25, 0.3) is 0 Å². The minimum atomic E-state index is -0.499. The summed E-state index contributed by atoms with van der Waals surface area (Å²) in [5.74, 6) is 1.44. The van der Waals surface area contributed by atoms with Gasteiger partial charge in [0, 0.05) is 95.1 Å². The molecule has 5 heterocycles. The number of morpholine rings is 1. The molecule has 6 rings (SSSR count). The molecule has 3 aliphatic heterocycles. The van der Waals surface area contributed by atoms with Crippen molar-refractivity contribution >= 4 is 11.7 Å². The van der Waals surface area contributed by atoms with Crippen LogP contribution in [0.3, 0.4) is 0 Å². The molecular weight excluding hydrogens is 601 g/mol. The number of rotatable bonds is 10. The zero-order chi connectivity index (χ0) is 32.9. The largest absolute Gasteiger partial charge is 0.490 e. The molecule has 252 valence electrons. The molecule has 0 bridgehead atoms. The van der Waals surface area contributed by atoms with Crippen molar-refractivity contribution in [1.82, 2.24) is 29.7 Å². The van der Waals surface area contributed by atoms with Crippen LogP contribution in [0.4, 0.5) is 10.2 Å². The van der Waals surface area contributed by atoms with Crippen molar-refractivity contribution < 1.29 is 23.4 Å². The van der Waals surface area contributed by atoms with E-state index in [1.807, 2.05) is 33.0 Å². The number of piperidine rings is 1. The van der Waals surface area contributed by atoms with Crippen LogP contribution in [0.2, 0.25) is 0 Å². The van der Waals surface area contributed by atoms with Gasteiger partial charge in [0.1, 0.15) is 29.7 Å². The second-order valence-electron chi connectivity index (χ2n) is 12.9. The summed E-state index contributed by atoms with van der Waals surface area (Å²) in [5.41, 5.74) is 2.47. The lowest BCUT2D eigenvalue weighted by atomic mass is 10.0. The predicted octanol–water partition coefficient (Wildman–Crippen LogP) is 4.41. The number of halogens is 1. The Hall–Kier alpha value is -3.87. The lowest BCUT2D eigenvalue weighted by molar-refractivity contribution is -0.0375. The second-order valence-corrected chi connectivity index (χ2v) is 12.9. The van der Waals surface area contributed by atoms with Gasteiger partial charge in [-0.3, -0.25) is 14.7 Å². The van der Waals surface area contributed by atoms with Crippen LogP contribution in [-0.4, -0.2) is 113 Å². The molecule has 0 N–H and O–H groups in total. The third kappa shape index (κ3) is 7.82. The first-order chi connectivity index (χ1) is 22.8. The van der Waals surface area contributed by atoms with Gasteiger partial charge < -0.3 is 28.9 Å². The lowest BCUT2D eigenvalue weighted by Crippen LogP contribution is -2.47. The number of anilines is 1. The number of hydrogen-bond donors (Lipinski definition) is 0. The fourth-order valence-corrected chi connectivity index (χ4v) is 6.76. The molecule has 47 heavy (non-hydrogen) atoms. The van der Waals surface area contributed by atoms with Crippen molar-refractivity contribution in [2.24, 2.45) is 0 Å². The van der Waals surface area contributed by atoms with E-state index < -0.39 is 5.82 Å². The van der Waals surface area contributed by atoms with E-state index in [9.17, 15) is 9.18 Å². The van der Waals surface area contributed by atoms with Crippen LogP contribution in [0.1, 0.15) is 55.2 Å². The molecule has 2 aromatic heterocycles. The minimum Gasteiger partial charge on any atom is -0.490 e. The van der Waals surface area contributed by atoms with Crippen LogP contribution in [0.15, 0.2) is 43.0 Å². The van der Waals surface area contributed by atoms with Gasteiger partial charge in [0.15, 0.2) is 11.6 Å². The number of benzene rings is 1. The van der Waals surface area contributed by atoms with Crippen LogP contribution in [-0.2, 0) is 17.7 Å². The highest BCUT2D eigenvalue weighted by molar-refractivity contribution is 5.97. The molecule has 3 aromatic rings. The second kappa shape index (κ2) is 14.9. The Kier molecular flexibility index (Phi) is 10.5. The normalized spacial score (nSPS) is 19.4. The van der Waals surface area contributed by atoms with E-state index in [0.29, 0.717) is 31.2 Å². The molecule has 0 radical (unpaired) electrons. The molecule has 1 aromatic carbocycles. The fourth-order valence-electron chi connectivity index (χ4n) is 6.76. The van der Waals surface area contributed by atoms with Gasteiger partial charge in [-0.15, -0.1) is 0 Å². The molecule has 1 amide bonds. The number of amides is 1. The first-order valence-corrected chi connectivity index (χ1v) is 16.8. The minimum absolute atomic E-state index is 0.0437. The van der Waals surface area contributed by atoms with Gasteiger partial charge in [-0.25, -0.2) is 14.4 Å². The first-order valence-electron chi connectivity index (χ1n) is 16.8. The van der Waals surface area contributed by atoms with Crippen molar-refractivity contribution in [3.8, 4) is 17.2 Å². The van der Waals surface area contributed by atoms with Crippen molar-refractivity contribution in [2.45, 2.75) is 64.8 Å². The standard InChI is InChI=1S/C35H46FN7O4/c1-5-43(24(2)3)35(44)28-18-25(36)6-7-31(28)47-33-19-37-23-39-34(33)42-14-9-26(10-15-42)46-32-8-12-38-30-11-13-41(22-29(30)32)21-27-20-40(4)16-17-45-27/h6-8,12,18-19,23-24,26-27H,5,9-11,13-17,20-22H2,1-4H3/t27-/m0/s1. The molecule has 0 aliphatic carbocycles. The van der Waals surface area contributed by atoms with E-state index >= 15 is 0 Å². The first kappa shape index (κ1) is 33.0. The Labute approximate surface area is 276 Å². The van der Waals surface area contributed by atoms with Crippen LogP contribution >= 0.6 is 0 Å². The molecule has 2 saturated heterocycles. The number of pyridine rings is 1. The third-order valence-electron chi connectivity index (χ3n) is 9.26. The predicted molar refractivity (Wildman–Crippen MR) is 177 cm³/mol. The van der Waals surface area contributed by atoms with Crippen molar-refractivity contribution in [3.05, 3.63) is 65.6 Å². The Bertz CT molecular complexity index is 1530. The Morgan fingerprint density at radius 3 is 2.70 bits per heavy atom. The monoisotopic (exact) mass is 647 g/mol. The summed E-state index contributed by atoms with van der Waals surface area (Å²) in [4.78, 5) is 35.4. The highest BCUT2D eigenvalue weighted by Crippen LogP contribution is 2.35. The average Bonchev–Trinajstić information content (AvgIpc) is 3.06. The molecule has 11 nitrogen and oxygen atoms in total. The van der Waals surface area contributed by atoms with E-state index in [1.54, 1.807) is 11.1 Å². The summed E-state index contributed by atoms with van der Waals surface area (Å²) in [6.45, 7) is 13.1. The Balaban J connectivity index is 1.11. The van der Waals surface area contributed by atoms with Gasteiger partial charge >= 0.3 is 0 Å². The van der Waals surface area contributed by atoms with Gasteiger partial charge in [-0.1, -0.05) is 0 Å². The van der Waals surface area contributed by atoms with E-state index in [-0.39, 0.29) is 35.5 Å². The fraction of sp³-hybridized carbons (Fsp3) is 0.543. The van der Waals surface area contributed by atoms with Gasteiger partial charge in [-0.2, -0.15) is 0 Å². The molecule has 12 heteroatoms. The van der Waals surface area contributed by atoms with Crippen molar-refractivity contribution in [3.63, 3.8) is 0 Å². The maximum atomic E-state index is 14.3. The number of carbonyl (C=O) groups excluding carboxylic acids is 1. The van der Waals surface area contributed by atoms with Crippen molar-refractivity contribution in [2.75, 3.05) is 64.4 Å². The summed E-state index contributed by atoms with van der Waals surface area (Å²) in [6, 6.07) is 5.97. The van der Waals surface area contributed by atoms with E-state index in [2.05, 4.69) is 36.7 Å². The summed E-state index contributed by atoms with van der Waals surface area (Å²) in [7, 11) is 2.15. The number of nitrogens with zero attached hydrogens (tertiary/aromatic N) is 7. The molecule has 0 unspecified atom stereocenters.